The van der Waals surface area contributed by atoms with Crippen LogP contribution in [0.25, 0.3) is 0 Å². The lowest BCUT2D eigenvalue weighted by Gasteiger charge is -2.32. The minimum atomic E-state index is -0.379. The summed E-state index contributed by atoms with van der Waals surface area (Å²) in [7, 11) is 0. The Morgan fingerprint density at radius 2 is 2.00 bits per heavy atom. The highest BCUT2D eigenvalue weighted by Gasteiger charge is 2.20. The molecule has 142 valence electrons. The summed E-state index contributed by atoms with van der Waals surface area (Å²) in [6.07, 6.45) is 2.52. The highest BCUT2D eigenvalue weighted by atomic mass is 35.5. The largest absolute Gasteiger partial charge is 0.350 e. The molecule has 0 bridgehead atoms. The molecular weight excluding hydrogens is 378 g/mol. The first kappa shape index (κ1) is 20.8. The summed E-state index contributed by atoms with van der Waals surface area (Å²) in [6, 6.07) is 7.35. The van der Waals surface area contributed by atoms with E-state index < -0.39 is 0 Å². The Morgan fingerprint density at radius 3 is 2.69 bits per heavy atom. The van der Waals surface area contributed by atoms with Crippen molar-refractivity contribution in [1.29, 1.82) is 0 Å². The van der Waals surface area contributed by atoms with Crippen molar-refractivity contribution in [3.05, 3.63) is 57.8 Å². The Balaban J connectivity index is 0.00000243. The van der Waals surface area contributed by atoms with E-state index in [1.165, 1.54) is 23.5 Å². The van der Waals surface area contributed by atoms with Crippen molar-refractivity contribution in [2.45, 2.75) is 19.3 Å². The van der Waals surface area contributed by atoms with Crippen LogP contribution in [0.3, 0.4) is 0 Å². The van der Waals surface area contributed by atoms with Gasteiger partial charge >= 0.3 is 0 Å². The number of likely N-dealkylation sites (tertiary alicyclic amines) is 1. The number of halogens is 3. The van der Waals surface area contributed by atoms with E-state index in [9.17, 15) is 13.6 Å². The minimum Gasteiger partial charge on any atom is -0.350 e. The molecule has 0 radical (unpaired) electrons. The predicted octanol–water partition coefficient (Wildman–Crippen LogP) is 4.13. The second kappa shape index (κ2) is 10.00. The third kappa shape index (κ3) is 5.76. The van der Waals surface area contributed by atoms with Gasteiger partial charge < -0.3 is 10.2 Å². The number of thiophene rings is 1. The molecule has 1 aromatic carbocycles. The number of nitrogens with zero attached hydrogens (tertiary/aromatic N) is 1. The molecule has 0 atom stereocenters. The number of amides is 1. The van der Waals surface area contributed by atoms with Gasteiger partial charge in [-0.1, -0.05) is 6.07 Å². The first-order chi connectivity index (χ1) is 12.1. The van der Waals surface area contributed by atoms with E-state index >= 15 is 0 Å². The van der Waals surface area contributed by atoms with Crippen LogP contribution in [0.5, 0.6) is 0 Å². The van der Waals surface area contributed by atoms with Gasteiger partial charge in [0.05, 0.1) is 4.88 Å². The lowest BCUT2D eigenvalue weighted by Crippen LogP contribution is -2.39. The van der Waals surface area contributed by atoms with Crippen LogP contribution < -0.4 is 5.32 Å². The van der Waals surface area contributed by atoms with Crippen molar-refractivity contribution < 1.29 is 13.6 Å². The fourth-order valence-electron chi connectivity index (χ4n) is 3.25. The van der Waals surface area contributed by atoms with Crippen molar-refractivity contribution in [3.63, 3.8) is 0 Å². The maximum Gasteiger partial charge on any atom is 0.261 e. The molecule has 1 aliphatic heterocycles. The maximum atomic E-state index is 13.7. The Morgan fingerprint density at radius 1 is 1.23 bits per heavy atom. The zero-order valence-electron chi connectivity index (χ0n) is 14.4. The second-order valence-electron chi connectivity index (χ2n) is 6.46. The molecule has 2 aromatic rings. The van der Waals surface area contributed by atoms with Gasteiger partial charge in [-0.25, -0.2) is 8.78 Å². The van der Waals surface area contributed by atoms with Gasteiger partial charge in [0.1, 0.15) is 11.6 Å². The van der Waals surface area contributed by atoms with Crippen molar-refractivity contribution in [1.82, 2.24) is 10.2 Å². The van der Waals surface area contributed by atoms with Crippen LogP contribution in [0.4, 0.5) is 8.78 Å². The highest BCUT2D eigenvalue weighted by molar-refractivity contribution is 7.12. The molecule has 1 N–H and O–H groups in total. The first-order valence-corrected chi connectivity index (χ1v) is 9.48. The van der Waals surface area contributed by atoms with Crippen LogP contribution in [0, 0.1) is 17.6 Å². The van der Waals surface area contributed by atoms with E-state index in [2.05, 4.69) is 10.2 Å². The number of hydrogen-bond acceptors (Lipinski definition) is 3. The van der Waals surface area contributed by atoms with Crippen LogP contribution in [-0.2, 0) is 6.42 Å². The zero-order chi connectivity index (χ0) is 17.6. The van der Waals surface area contributed by atoms with E-state index in [0.29, 0.717) is 24.4 Å². The van der Waals surface area contributed by atoms with Crippen molar-refractivity contribution in [2.24, 2.45) is 5.92 Å². The summed E-state index contributed by atoms with van der Waals surface area (Å²) in [5, 5.41) is 4.83. The Bertz CT molecular complexity index is 704. The Kier molecular flexibility index (Phi) is 8.00. The summed E-state index contributed by atoms with van der Waals surface area (Å²) < 4.78 is 27.0. The molecule has 0 unspecified atom stereocenters. The summed E-state index contributed by atoms with van der Waals surface area (Å²) in [5.74, 6) is -0.338. The van der Waals surface area contributed by atoms with Gasteiger partial charge in [-0.2, -0.15) is 0 Å². The summed E-state index contributed by atoms with van der Waals surface area (Å²) in [5.41, 5.74) is 0.474. The third-order valence-electron chi connectivity index (χ3n) is 4.68. The molecular formula is C19H23ClF2N2OS. The Hall–Kier alpha value is -1.50. The fourth-order valence-corrected chi connectivity index (χ4v) is 3.89. The number of carbonyl (C=O) groups excluding carboxylic acids is 1. The number of hydrogen-bond donors (Lipinski definition) is 1. The quantitative estimate of drug-likeness (QED) is 0.790. The standard InChI is InChI=1S/C19H22F2N2OS.ClH/c20-16-3-4-17(21)15(13-16)12-14-5-8-23(9-6-14)10-7-22-19(24)18-2-1-11-25-18;/h1-4,11,13-14H,5-10,12H2,(H,22,24);1H. The summed E-state index contributed by atoms with van der Waals surface area (Å²) >= 11 is 1.44. The van der Waals surface area contributed by atoms with Gasteiger partial charge in [0.25, 0.3) is 5.91 Å². The lowest BCUT2D eigenvalue weighted by atomic mass is 9.90. The van der Waals surface area contributed by atoms with Gasteiger partial charge in [-0.05, 0) is 73.5 Å². The van der Waals surface area contributed by atoms with E-state index in [4.69, 9.17) is 0 Å². The number of nitrogens with one attached hydrogen (secondary N) is 1. The average Bonchev–Trinajstić information content (AvgIpc) is 3.14. The number of benzene rings is 1. The smallest absolute Gasteiger partial charge is 0.261 e. The van der Waals surface area contributed by atoms with E-state index in [-0.39, 0.29) is 29.9 Å². The third-order valence-corrected chi connectivity index (χ3v) is 5.55. The van der Waals surface area contributed by atoms with Crippen LogP contribution in [0.2, 0.25) is 0 Å². The van der Waals surface area contributed by atoms with Crippen molar-refractivity contribution in [3.8, 4) is 0 Å². The predicted molar refractivity (Wildman–Crippen MR) is 103 cm³/mol. The molecule has 0 spiro atoms. The molecule has 1 amide bonds. The fraction of sp³-hybridized carbons (Fsp3) is 0.421. The Labute approximate surface area is 162 Å². The maximum absolute atomic E-state index is 13.7. The number of rotatable bonds is 6. The van der Waals surface area contributed by atoms with Crippen molar-refractivity contribution in [2.75, 3.05) is 26.2 Å². The monoisotopic (exact) mass is 400 g/mol. The molecule has 3 rings (SSSR count). The normalized spacial score (nSPS) is 15.5. The average molecular weight is 401 g/mol. The van der Waals surface area contributed by atoms with Crippen LogP contribution in [0.15, 0.2) is 35.7 Å². The summed E-state index contributed by atoms with van der Waals surface area (Å²) in [4.78, 5) is 14.9. The molecule has 7 heteroatoms. The van der Waals surface area contributed by atoms with Gasteiger partial charge in [-0.3, -0.25) is 4.79 Å². The SMILES string of the molecule is Cl.O=C(NCCN1CCC(Cc2cc(F)ccc2F)CC1)c1cccs1. The first-order valence-electron chi connectivity index (χ1n) is 8.60. The molecule has 1 aromatic heterocycles. The molecule has 0 aliphatic carbocycles. The van der Waals surface area contributed by atoms with Crippen LogP contribution in [-0.4, -0.2) is 37.0 Å². The van der Waals surface area contributed by atoms with E-state index in [1.54, 1.807) is 0 Å². The molecule has 1 aliphatic rings. The van der Waals surface area contributed by atoms with E-state index in [1.807, 2.05) is 17.5 Å². The molecule has 2 heterocycles. The lowest BCUT2D eigenvalue weighted by molar-refractivity contribution is 0.0948. The molecule has 0 saturated carbocycles. The van der Waals surface area contributed by atoms with Crippen LogP contribution in [0.1, 0.15) is 28.1 Å². The zero-order valence-corrected chi connectivity index (χ0v) is 16.1. The topological polar surface area (TPSA) is 32.3 Å². The highest BCUT2D eigenvalue weighted by Crippen LogP contribution is 2.23. The van der Waals surface area contributed by atoms with Gasteiger partial charge in [0.2, 0.25) is 0 Å². The molecule has 1 fully saturated rings. The van der Waals surface area contributed by atoms with Crippen LogP contribution >= 0.6 is 23.7 Å². The van der Waals surface area contributed by atoms with Gasteiger partial charge in [-0.15, -0.1) is 23.7 Å². The number of piperidine rings is 1. The molecule has 1 saturated heterocycles. The van der Waals surface area contributed by atoms with E-state index in [0.717, 1.165) is 43.4 Å². The molecule has 3 nitrogen and oxygen atoms in total. The minimum absolute atomic E-state index is 0. The summed E-state index contributed by atoms with van der Waals surface area (Å²) in [6.45, 7) is 3.30. The molecule has 26 heavy (non-hydrogen) atoms. The van der Waals surface area contributed by atoms with Gasteiger partial charge in [0.15, 0.2) is 0 Å². The van der Waals surface area contributed by atoms with Gasteiger partial charge in [0, 0.05) is 13.1 Å². The second-order valence-corrected chi connectivity index (χ2v) is 7.41. The van der Waals surface area contributed by atoms with Crippen molar-refractivity contribution >= 4 is 29.7 Å². The number of carbonyl (C=O) groups is 1.